The zero-order chi connectivity index (χ0) is 44.7. The molecule has 4 heterocycles. The van der Waals surface area contributed by atoms with Crippen molar-refractivity contribution in [3.8, 4) is 0 Å². The molecule has 0 aromatic heterocycles. The number of nitrogens with zero attached hydrogens (tertiary/aromatic N) is 8. The van der Waals surface area contributed by atoms with Crippen LogP contribution in [0.3, 0.4) is 0 Å². The Labute approximate surface area is 350 Å². The topological polar surface area (TPSA) is 309 Å². The standard InChI is InChI=1S/4C7H10N2O2.3C3H8O.Ti.4H/c4*1-3-7(6(10)11)8-4-5(2)9-7;3*1-3(2)4;;;;;/h4*4H,3H2,1-2H3,(H,10,11);3*3-4H,1-2H3;;;;;. The third-order valence-corrected chi connectivity index (χ3v) is 6.65. The van der Waals surface area contributed by atoms with Crippen molar-refractivity contribution in [3.63, 3.8) is 0 Å². The fraction of sp³-hybridized carbons (Fsp3) is 0.676. The number of aliphatic carboxylic acids is 4. The average Bonchev–Trinajstić information content (AvgIpc) is 3.87. The molecular formula is C37H68N8O11Ti. The van der Waals surface area contributed by atoms with Crippen LogP contribution in [0, 0.1) is 0 Å². The van der Waals surface area contributed by atoms with Gasteiger partial charge in [-0.05, 0) is 69.2 Å². The van der Waals surface area contributed by atoms with E-state index in [1.807, 2.05) is 0 Å². The average molecular weight is 849 g/mol. The monoisotopic (exact) mass is 848 g/mol. The first kappa shape index (κ1) is 59.5. The second kappa shape index (κ2) is 28.3. The molecular weight excluding hydrogens is 780 g/mol. The summed E-state index contributed by atoms with van der Waals surface area (Å²) in [7, 11) is 0. The quantitative estimate of drug-likeness (QED) is 0.174. The summed E-state index contributed by atoms with van der Waals surface area (Å²) in [5, 5.41) is 59.2. The Kier molecular flexibility index (Phi) is 29.5. The Balaban J connectivity index is -0.000000298. The molecule has 0 aromatic rings. The van der Waals surface area contributed by atoms with Crippen LogP contribution in [0.5, 0.6) is 0 Å². The molecule has 0 fully saturated rings. The van der Waals surface area contributed by atoms with Crippen LogP contribution in [0.4, 0.5) is 0 Å². The van der Waals surface area contributed by atoms with Crippen LogP contribution in [-0.2, 0) is 40.9 Å². The van der Waals surface area contributed by atoms with Gasteiger partial charge in [0.05, 0.1) is 22.8 Å². The molecule has 4 rings (SSSR count). The Hall–Kier alpha value is -4.17. The van der Waals surface area contributed by atoms with Gasteiger partial charge in [0, 0.05) is 68.9 Å². The summed E-state index contributed by atoms with van der Waals surface area (Å²) in [6.07, 6.45) is 7.09. The van der Waals surface area contributed by atoms with Gasteiger partial charge in [0.1, 0.15) is 0 Å². The van der Waals surface area contributed by atoms with E-state index in [1.54, 1.807) is 96.9 Å². The number of carbonyl (C=O) groups is 4. The summed E-state index contributed by atoms with van der Waals surface area (Å²) in [5.74, 6) is -3.91. The zero-order valence-corrected chi connectivity index (χ0v) is 35.2. The SMILES string of the molecule is CC(C)O.CC(C)O.CC(C)O.CCC1(C(=O)O)N=CC(C)=N1.CCC1(C(=O)O)N=CC(C)=N1.CCC1(C(=O)O)N=CC(C)=N1.CCC1(C(=O)O)N=CC(C)=N1.[TiH4]. The number of hydrogen-bond acceptors (Lipinski definition) is 15. The van der Waals surface area contributed by atoms with Crippen LogP contribution in [0.2, 0.25) is 0 Å². The van der Waals surface area contributed by atoms with Crippen LogP contribution >= 0.6 is 0 Å². The number of carboxylic acid groups (broad SMARTS) is 4. The van der Waals surface area contributed by atoms with Gasteiger partial charge in [-0.25, -0.2) is 39.1 Å². The molecule has 0 aliphatic carbocycles. The van der Waals surface area contributed by atoms with Crippen molar-refractivity contribution >= 4 is 71.6 Å². The molecule has 4 unspecified atom stereocenters. The number of rotatable bonds is 8. The van der Waals surface area contributed by atoms with Gasteiger partial charge in [0.2, 0.25) is 22.7 Å². The maximum atomic E-state index is 10.7. The fourth-order valence-corrected chi connectivity index (χ4v) is 3.90. The summed E-state index contributed by atoms with van der Waals surface area (Å²) >= 11 is 0. The minimum absolute atomic E-state index is 0. The third-order valence-electron chi connectivity index (χ3n) is 6.65. The summed E-state index contributed by atoms with van der Waals surface area (Å²) < 4.78 is 0. The first-order chi connectivity index (χ1) is 25.6. The van der Waals surface area contributed by atoms with Gasteiger partial charge in [-0.1, -0.05) is 27.7 Å². The maximum absolute atomic E-state index is 10.7. The van der Waals surface area contributed by atoms with Crippen LogP contribution < -0.4 is 0 Å². The fourth-order valence-electron chi connectivity index (χ4n) is 3.90. The Bertz CT molecular complexity index is 1330. The Morgan fingerprint density at radius 2 is 0.561 bits per heavy atom. The third kappa shape index (κ3) is 22.4. The van der Waals surface area contributed by atoms with Crippen LogP contribution in [0.1, 0.15) is 123 Å². The summed E-state index contributed by atoms with van der Waals surface area (Å²) in [4.78, 5) is 73.8. The normalized spacial score (nSPS) is 24.1. The molecule has 0 spiro atoms. The molecule has 4 atom stereocenters. The van der Waals surface area contributed by atoms with Crippen molar-refractivity contribution in [2.75, 3.05) is 0 Å². The molecule has 0 saturated heterocycles. The van der Waals surface area contributed by atoms with Gasteiger partial charge in [0.15, 0.2) is 0 Å². The van der Waals surface area contributed by atoms with Crippen LogP contribution in [0.15, 0.2) is 39.9 Å². The molecule has 0 aromatic carbocycles. The molecule has 7 N–H and O–H groups in total. The number of aliphatic hydroxyl groups excluding tert-OH is 3. The van der Waals surface area contributed by atoms with Gasteiger partial charge in [-0.15, -0.1) is 0 Å². The van der Waals surface area contributed by atoms with E-state index in [1.165, 1.54) is 24.9 Å². The van der Waals surface area contributed by atoms with E-state index in [2.05, 4.69) is 39.9 Å². The van der Waals surface area contributed by atoms with E-state index in [9.17, 15) is 19.2 Å². The molecule has 57 heavy (non-hydrogen) atoms. The molecule has 0 saturated carbocycles. The van der Waals surface area contributed by atoms with Gasteiger partial charge in [-0.3, -0.25) is 20.0 Å². The van der Waals surface area contributed by atoms with Gasteiger partial charge in [-0.2, -0.15) is 0 Å². The number of carboxylic acids is 4. The molecule has 20 heteroatoms. The number of hydrogen-bond donors (Lipinski definition) is 7. The van der Waals surface area contributed by atoms with Crippen LogP contribution in [-0.4, -0.2) is 148 Å². The van der Waals surface area contributed by atoms with E-state index < -0.39 is 46.5 Å². The molecule has 19 nitrogen and oxygen atoms in total. The van der Waals surface area contributed by atoms with Crippen molar-refractivity contribution < 1.29 is 76.6 Å². The summed E-state index contributed by atoms with van der Waals surface area (Å²) in [6.45, 7) is 24.3. The summed E-state index contributed by atoms with van der Waals surface area (Å²) in [5.41, 5.74) is -2.17. The zero-order valence-electron chi connectivity index (χ0n) is 35.2. The number of aliphatic hydroxyl groups is 3. The van der Waals surface area contributed by atoms with Crippen molar-refractivity contribution in [1.82, 2.24) is 0 Å². The molecule has 4 aliphatic heterocycles. The molecule has 0 amide bonds. The molecule has 326 valence electrons. The molecule has 0 bridgehead atoms. The summed E-state index contributed by atoms with van der Waals surface area (Å²) in [6, 6.07) is 0. The Morgan fingerprint density at radius 3 is 0.596 bits per heavy atom. The first-order valence-electron chi connectivity index (χ1n) is 18.1. The number of aliphatic imine (C=N–C) groups is 8. The van der Waals surface area contributed by atoms with Gasteiger partial charge < -0.3 is 35.7 Å². The second-order valence-electron chi connectivity index (χ2n) is 13.2. The predicted molar refractivity (Wildman–Crippen MR) is 227 cm³/mol. The van der Waals surface area contributed by atoms with Crippen molar-refractivity contribution in [1.29, 1.82) is 0 Å². The van der Waals surface area contributed by atoms with E-state index in [-0.39, 0.29) is 40.0 Å². The van der Waals surface area contributed by atoms with E-state index >= 15 is 0 Å². The van der Waals surface area contributed by atoms with Crippen molar-refractivity contribution in [2.45, 2.75) is 164 Å². The Morgan fingerprint density at radius 1 is 0.439 bits per heavy atom. The first-order valence-corrected chi connectivity index (χ1v) is 18.1. The predicted octanol–water partition coefficient (Wildman–Crippen LogP) is 2.98. The van der Waals surface area contributed by atoms with E-state index in [0.29, 0.717) is 48.5 Å². The van der Waals surface area contributed by atoms with E-state index in [4.69, 9.17) is 35.7 Å². The molecule has 0 radical (unpaired) electrons. The van der Waals surface area contributed by atoms with Crippen molar-refractivity contribution in [2.24, 2.45) is 39.9 Å². The van der Waals surface area contributed by atoms with Crippen molar-refractivity contribution in [3.05, 3.63) is 0 Å². The van der Waals surface area contributed by atoms with Crippen LogP contribution in [0.25, 0.3) is 0 Å². The molecule has 4 aliphatic rings. The van der Waals surface area contributed by atoms with E-state index in [0.717, 1.165) is 0 Å². The van der Waals surface area contributed by atoms with Gasteiger partial charge in [0.25, 0.3) is 0 Å². The minimum atomic E-state index is -1.22. The van der Waals surface area contributed by atoms with Gasteiger partial charge >= 0.3 is 45.6 Å². The second-order valence-corrected chi connectivity index (χ2v) is 13.2.